The molecule has 396 valence electrons. The van der Waals surface area contributed by atoms with Crippen molar-refractivity contribution in [3.05, 3.63) is 123 Å². The number of halogens is 5. The van der Waals surface area contributed by atoms with E-state index in [1.54, 1.807) is 82.0 Å². The second-order valence-electron chi connectivity index (χ2n) is 18.7. The van der Waals surface area contributed by atoms with Crippen molar-refractivity contribution in [2.24, 2.45) is 15.7 Å². The van der Waals surface area contributed by atoms with Gasteiger partial charge < -0.3 is 20.9 Å². The van der Waals surface area contributed by atoms with Crippen LogP contribution in [0.3, 0.4) is 0 Å². The van der Waals surface area contributed by atoms with E-state index in [-0.39, 0.29) is 31.9 Å². The molecule has 26 heteroatoms. The molecule has 0 amide bonds. The smallest absolute Gasteiger partial charge is 0.394 e. The lowest BCUT2D eigenvalue weighted by atomic mass is 9.84. The first-order chi connectivity index (χ1) is 34.5. The van der Waals surface area contributed by atoms with Crippen molar-refractivity contribution in [1.29, 1.82) is 0 Å². The average Bonchev–Trinajstić information content (AvgIpc) is 3.59. The first-order valence-corrected chi connectivity index (χ1v) is 28.1. The lowest BCUT2D eigenvalue weighted by Crippen LogP contribution is -2.61. The predicted octanol–water partition coefficient (Wildman–Crippen LogP) is 8.29. The summed E-state index contributed by atoms with van der Waals surface area (Å²) >= 11 is 17.6. The Morgan fingerprint density at radius 3 is 1.74 bits per heavy atom. The molecular weight excluding hydrogens is 1090 g/mol. The molecule has 6 aromatic rings. The number of nitrogens with zero attached hydrogens (tertiary/aromatic N) is 6. The van der Waals surface area contributed by atoms with Crippen LogP contribution < -0.4 is 20.9 Å². The second kappa shape index (κ2) is 21.0. The molecule has 0 spiro atoms. The van der Waals surface area contributed by atoms with Crippen LogP contribution in [0.15, 0.2) is 95.4 Å². The van der Waals surface area contributed by atoms with Gasteiger partial charge in [0.2, 0.25) is 0 Å². The Hall–Kier alpha value is -5.40. The van der Waals surface area contributed by atoms with E-state index in [1.807, 2.05) is 24.3 Å². The predicted molar refractivity (Wildman–Crippen MR) is 282 cm³/mol. The number of nitrogen functional groups attached to an aromatic ring is 1. The Morgan fingerprint density at radius 2 is 1.18 bits per heavy atom. The number of nitrogens with two attached hydrogens (primary N) is 2. The van der Waals surface area contributed by atoms with Gasteiger partial charge in [0.25, 0.3) is 0 Å². The molecule has 0 bridgehead atoms. The second-order valence-corrected chi connectivity index (χ2v) is 26.2. The lowest BCUT2D eigenvalue weighted by Gasteiger charge is -2.44. The van der Waals surface area contributed by atoms with Gasteiger partial charge in [0.15, 0.2) is 24.8 Å². The third-order valence-corrected chi connectivity index (χ3v) is 20.4. The number of hydrogen-bond donors (Lipinski definition) is 4. The van der Waals surface area contributed by atoms with Gasteiger partial charge in [-0.25, -0.2) is 30.6 Å². The number of hydrogen-bond acceptors (Lipinski definition) is 16. The maximum Gasteiger partial charge on any atom is 0.394 e. The quantitative estimate of drug-likeness (QED) is 0.0733. The molecular formula is C48H51Cl3F2N8O10S3. The van der Waals surface area contributed by atoms with Gasteiger partial charge in [0.1, 0.15) is 56.8 Å². The van der Waals surface area contributed by atoms with E-state index < -0.39 is 74.5 Å². The Morgan fingerprint density at radius 1 is 0.689 bits per heavy atom. The summed E-state index contributed by atoms with van der Waals surface area (Å²) < 4.78 is 123. The van der Waals surface area contributed by atoms with Crippen molar-refractivity contribution >= 4 is 104 Å². The molecule has 0 fully saturated rings. The number of aliphatic imine (C=N–C) groups is 2. The van der Waals surface area contributed by atoms with E-state index in [9.17, 15) is 25.6 Å². The molecule has 4 atom stereocenters. The van der Waals surface area contributed by atoms with Crippen molar-refractivity contribution in [2.75, 3.05) is 32.3 Å². The molecule has 6 N–H and O–H groups in total. The van der Waals surface area contributed by atoms with E-state index >= 15 is 0 Å². The molecule has 0 saturated heterocycles. The van der Waals surface area contributed by atoms with Crippen LogP contribution in [0.25, 0.3) is 21.8 Å². The molecule has 4 aliphatic rings. The summed E-state index contributed by atoms with van der Waals surface area (Å²) in [7, 11) is -12.2. The zero-order valence-electron chi connectivity index (χ0n) is 40.3. The highest BCUT2D eigenvalue weighted by atomic mass is 35.5. The molecule has 74 heavy (non-hydrogen) atoms. The highest BCUT2D eigenvalue weighted by molar-refractivity contribution is 7.94. The SMILES string of the molecule is CC1(C)C(N)=N[C@]2(CF)c3cc(Cc4nccc5cc(Cl)cnc45)ccc3OCC[C@H]2S1(=O)=O.CC1=N[C@]2(CF)c3cc(N)ccc3OCC[C@H]2S(=O)(=O)C1(C)C.Clc1cnc2c(Cl)nccc2c1.O=S(=O)(O)O. The molecule has 10 rings (SSSR count). The molecule has 0 aliphatic carbocycles. The van der Waals surface area contributed by atoms with Crippen LogP contribution in [0.4, 0.5) is 14.5 Å². The molecule has 8 heterocycles. The zero-order valence-corrected chi connectivity index (χ0v) is 45.0. The van der Waals surface area contributed by atoms with E-state index in [0.29, 0.717) is 66.7 Å². The van der Waals surface area contributed by atoms with Crippen molar-refractivity contribution in [3.8, 4) is 11.5 Å². The highest BCUT2D eigenvalue weighted by Crippen LogP contribution is 2.51. The van der Waals surface area contributed by atoms with Crippen molar-refractivity contribution in [1.82, 2.24) is 19.9 Å². The summed E-state index contributed by atoms with van der Waals surface area (Å²) in [6, 6.07) is 17.5. The van der Waals surface area contributed by atoms with Gasteiger partial charge in [0, 0.05) is 77.3 Å². The summed E-state index contributed by atoms with van der Waals surface area (Å²) in [6.45, 7) is 6.32. The Kier molecular flexibility index (Phi) is 16.0. The fourth-order valence-electron chi connectivity index (χ4n) is 9.26. The largest absolute Gasteiger partial charge is 0.493 e. The number of rotatable bonds is 4. The number of alkyl halides is 2. The lowest BCUT2D eigenvalue weighted by molar-refractivity contribution is 0.279. The standard InChI is InChI=1S/C24H24ClFN4O3S.C16H21FN2O3S.C8H4Cl2N2.H2O4S/c1-23(2)22(27)30-24(13-26)17-9-14(3-4-19(17)33-8-6-20(24)34(23,31)32)10-18-21-15(5-7-28-18)11-16(25)12-29-21;1-10-15(2,3)23(20,21)14-6-7-22-13-5-4-11(18)8-12(13)16(14,9-17)19-10;9-6-3-5-1-2-11-8(10)7(5)12-4-6;1-5(2,3)4/h3-5,7,9,11-12,20H,6,8,10,13H2,1-2H3,(H2,27,30);4-5,8,14H,6-7,9,18H2,1-3H3;1-4H;(H2,1,2,3,4)/t20-,24-;14-,16-;;/m11../s1. The zero-order chi connectivity index (χ0) is 54.4. The van der Waals surface area contributed by atoms with E-state index in [2.05, 4.69) is 29.9 Å². The molecule has 18 nitrogen and oxygen atoms in total. The summed E-state index contributed by atoms with van der Waals surface area (Å²) in [4.78, 5) is 26.0. The van der Waals surface area contributed by atoms with Gasteiger partial charge in [-0.2, -0.15) is 8.42 Å². The maximum atomic E-state index is 14.9. The van der Waals surface area contributed by atoms with E-state index in [1.165, 1.54) is 13.8 Å². The fourth-order valence-corrected chi connectivity index (χ4v) is 14.4. The fraction of sp³-hybridized carbons (Fsp3) is 0.375. The minimum Gasteiger partial charge on any atom is -0.493 e. The maximum absolute atomic E-state index is 14.9. The number of sulfone groups is 2. The first kappa shape index (κ1) is 56.3. The summed E-state index contributed by atoms with van der Waals surface area (Å²) in [5, 5.41) is 1.23. The molecule has 4 aromatic heterocycles. The first-order valence-electron chi connectivity index (χ1n) is 22.5. The van der Waals surface area contributed by atoms with Gasteiger partial charge in [0.05, 0.1) is 45.0 Å². The molecule has 0 radical (unpaired) electrons. The molecule has 0 saturated carbocycles. The van der Waals surface area contributed by atoms with Gasteiger partial charge in [-0.15, -0.1) is 0 Å². The highest BCUT2D eigenvalue weighted by Gasteiger charge is 2.61. The van der Waals surface area contributed by atoms with Gasteiger partial charge in [-0.3, -0.25) is 34.0 Å². The van der Waals surface area contributed by atoms with Crippen LogP contribution in [-0.4, -0.2) is 112 Å². The van der Waals surface area contributed by atoms with Crippen LogP contribution in [-0.2, 0) is 47.6 Å². The van der Waals surface area contributed by atoms with Crippen molar-refractivity contribution < 1.29 is 52.6 Å². The molecule has 4 aliphatic heterocycles. The van der Waals surface area contributed by atoms with E-state index in [0.717, 1.165) is 22.0 Å². The minimum atomic E-state index is -4.67. The van der Waals surface area contributed by atoms with Crippen LogP contribution >= 0.6 is 34.8 Å². The molecule has 0 unspecified atom stereocenters. The number of pyridine rings is 4. The number of benzene rings is 2. The van der Waals surface area contributed by atoms with Crippen LogP contribution in [0.5, 0.6) is 11.5 Å². The Labute approximate surface area is 441 Å². The Balaban J connectivity index is 0.000000171. The van der Waals surface area contributed by atoms with Crippen molar-refractivity contribution in [3.63, 3.8) is 0 Å². The monoisotopic (exact) mass is 1140 g/mol. The normalized spacial score (nSPS) is 23.6. The number of aromatic nitrogens is 4. The topological polar surface area (TPSA) is 290 Å². The summed E-state index contributed by atoms with van der Waals surface area (Å²) in [5.41, 5.74) is 13.4. The summed E-state index contributed by atoms with van der Waals surface area (Å²) in [5.74, 6) is 0.758. The van der Waals surface area contributed by atoms with Crippen LogP contribution in [0, 0.1) is 0 Å². The molecule has 2 aromatic carbocycles. The number of amidine groups is 1. The Bertz CT molecular complexity index is 3570. The average molecular weight is 1140 g/mol. The van der Waals surface area contributed by atoms with Gasteiger partial charge in [-0.1, -0.05) is 40.9 Å². The third-order valence-electron chi connectivity index (χ3n) is 13.6. The van der Waals surface area contributed by atoms with Gasteiger partial charge >= 0.3 is 10.4 Å². The van der Waals surface area contributed by atoms with Crippen LogP contribution in [0.1, 0.15) is 69.8 Å². The van der Waals surface area contributed by atoms with Crippen molar-refractivity contribution in [2.45, 2.75) is 85.0 Å². The number of anilines is 1. The van der Waals surface area contributed by atoms with Crippen LogP contribution in [0.2, 0.25) is 15.2 Å². The van der Waals surface area contributed by atoms with Gasteiger partial charge in [-0.05, 0) is 94.8 Å². The van der Waals surface area contributed by atoms with E-state index in [4.69, 9.17) is 73.3 Å². The number of fused-ring (bicyclic) bond motifs is 8. The summed E-state index contributed by atoms with van der Waals surface area (Å²) in [6.07, 6.45) is 7.13. The number of ether oxygens (including phenoxy) is 2. The minimum absolute atomic E-state index is 0.101. The third kappa shape index (κ3) is 10.6.